The van der Waals surface area contributed by atoms with E-state index in [1.54, 1.807) is 13.8 Å². The number of hydrogen-bond acceptors (Lipinski definition) is 9. The second-order valence-corrected chi connectivity index (χ2v) is 10.1. The van der Waals surface area contributed by atoms with Crippen molar-refractivity contribution in [3.05, 3.63) is 51.7 Å². The van der Waals surface area contributed by atoms with Crippen LogP contribution in [0.1, 0.15) is 43.5 Å². The minimum Gasteiger partial charge on any atom is -0.466 e. The van der Waals surface area contributed by atoms with Crippen molar-refractivity contribution in [2.75, 3.05) is 13.7 Å². The van der Waals surface area contributed by atoms with E-state index in [-0.39, 0.29) is 11.7 Å². The van der Waals surface area contributed by atoms with Crippen LogP contribution in [0, 0.1) is 22.9 Å². The topological polar surface area (TPSA) is 134 Å². The highest BCUT2D eigenvalue weighted by Gasteiger charge is 2.42. The highest BCUT2D eigenvalue weighted by Crippen LogP contribution is 2.39. The van der Waals surface area contributed by atoms with E-state index in [0.29, 0.717) is 19.4 Å². The lowest BCUT2D eigenvalue weighted by Gasteiger charge is -2.37. The van der Waals surface area contributed by atoms with Gasteiger partial charge >= 0.3 is 5.69 Å². The zero-order chi connectivity index (χ0) is 24.4. The van der Waals surface area contributed by atoms with Gasteiger partial charge in [-0.3, -0.25) is 15.1 Å². The maximum Gasteiger partial charge on any atom is 0.354 e. The molecule has 1 aromatic carbocycles. The number of halogens is 1. The molecule has 0 spiro atoms. The van der Waals surface area contributed by atoms with Crippen LogP contribution in [0.3, 0.4) is 0 Å². The van der Waals surface area contributed by atoms with Crippen LogP contribution in [0.25, 0.3) is 0 Å². The fourth-order valence-electron chi connectivity index (χ4n) is 3.64. The number of benzene rings is 1. The van der Waals surface area contributed by atoms with Crippen molar-refractivity contribution in [2.45, 2.75) is 55.5 Å². The second-order valence-electron chi connectivity index (χ2n) is 8.07. The van der Waals surface area contributed by atoms with Gasteiger partial charge in [-0.15, -0.1) is 0 Å². The molecule has 1 fully saturated rings. The monoisotopic (exact) mass is 480 g/mol. The quantitative estimate of drug-likeness (QED) is 0.334. The minimum atomic E-state index is -4.49. The van der Waals surface area contributed by atoms with E-state index in [2.05, 4.69) is 15.0 Å². The van der Waals surface area contributed by atoms with Gasteiger partial charge in [-0.05, 0) is 45.7 Å². The van der Waals surface area contributed by atoms with Crippen LogP contribution in [0.15, 0.2) is 34.2 Å². The minimum absolute atomic E-state index is 0.0540. The summed E-state index contributed by atoms with van der Waals surface area (Å²) in [6.45, 7) is 5.58. The number of aliphatic imine (C=N–C) groups is 1. The van der Waals surface area contributed by atoms with Gasteiger partial charge in [0.05, 0.1) is 10.5 Å². The number of rotatable bonds is 7. The van der Waals surface area contributed by atoms with E-state index in [1.807, 2.05) is 0 Å². The first-order valence-corrected chi connectivity index (χ1v) is 11.8. The molecule has 0 amide bonds. The SMILES string of the molecule is CN=CC(c1nc(C)nc(OC2CCCOC2(C)C)c1[N+](=O)[O-])S(=O)(=O)c1ccccc1F. The molecule has 2 aromatic rings. The molecule has 10 nitrogen and oxygen atoms in total. The molecular formula is C21H25FN4O6S. The smallest absolute Gasteiger partial charge is 0.354 e. The fourth-order valence-corrected chi connectivity index (χ4v) is 5.26. The molecule has 2 heterocycles. The average molecular weight is 481 g/mol. The maximum atomic E-state index is 14.4. The Labute approximate surface area is 191 Å². The predicted molar refractivity (Wildman–Crippen MR) is 118 cm³/mol. The summed E-state index contributed by atoms with van der Waals surface area (Å²) >= 11 is 0. The van der Waals surface area contributed by atoms with Gasteiger partial charge in [0.25, 0.3) is 5.88 Å². The van der Waals surface area contributed by atoms with Gasteiger partial charge in [-0.25, -0.2) is 17.8 Å². The molecule has 1 aliphatic heterocycles. The van der Waals surface area contributed by atoms with E-state index < -0.39 is 53.8 Å². The van der Waals surface area contributed by atoms with Crippen molar-refractivity contribution >= 4 is 21.7 Å². The van der Waals surface area contributed by atoms with Crippen LogP contribution in [0.2, 0.25) is 0 Å². The van der Waals surface area contributed by atoms with Crippen molar-refractivity contribution in [3.63, 3.8) is 0 Å². The van der Waals surface area contributed by atoms with Crippen molar-refractivity contribution in [2.24, 2.45) is 4.99 Å². The molecule has 0 bridgehead atoms. The van der Waals surface area contributed by atoms with Gasteiger partial charge in [0.1, 0.15) is 33.6 Å². The predicted octanol–water partition coefficient (Wildman–Crippen LogP) is 3.38. The number of hydrogen-bond donors (Lipinski definition) is 0. The molecule has 1 aliphatic rings. The average Bonchev–Trinajstić information content (AvgIpc) is 2.72. The Balaban J connectivity index is 2.20. The molecule has 2 unspecified atom stereocenters. The zero-order valence-corrected chi connectivity index (χ0v) is 19.5. The Bertz CT molecular complexity index is 1190. The maximum absolute atomic E-state index is 14.4. The third-order valence-corrected chi connectivity index (χ3v) is 7.28. The highest BCUT2D eigenvalue weighted by molar-refractivity contribution is 7.92. The summed E-state index contributed by atoms with van der Waals surface area (Å²) in [5.41, 5.74) is -1.91. The molecule has 0 radical (unpaired) electrons. The molecule has 178 valence electrons. The third kappa shape index (κ3) is 5.01. The third-order valence-electron chi connectivity index (χ3n) is 5.32. The summed E-state index contributed by atoms with van der Waals surface area (Å²) in [7, 11) is -3.18. The van der Waals surface area contributed by atoms with Crippen LogP contribution in [0.4, 0.5) is 10.1 Å². The lowest BCUT2D eigenvalue weighted by molar-refractivity contribution is -0.387. The number of aromatic nitrogens is 2. The summed E-state index contributed by atoms with van der Waals surface area (Å²) in [5, 5.41) is 10.4. The normalized spacial score (nSPS) is 19.4. The van der Waals surface area contributed by atoms with Crippen molar-refractivity contribution < 1.29 is 27.2 Å². The van der Waals surface area contributed by atoms with Crippen molar-refractivity contribution in [1.29, 1.82) is 0 Å². The molecule has 2 atom stereocenters. The Morgan fingerprint density at radius 2 is 2.06 bits per heavy atom. The summed E-state index contributed by atoms with van der Waals surface area (Å²) < 4.78 is 52.8. The lowest BCUT2D eigenvalue weighted by Crippen LogP contribution is -2.46. The van der Waals surface area contributed by atoms with E-state index >= 15 is 0 Å². The molecule has 0 aliphatic carbocycles. The molecule has 33 heavy (non-hydrogen) atoms. The summed E-state index contributed by atoms with van der Waals surface area (Å²) in [6.07, 6.45) is 1.67. The van der Waals surface area contributed by atoms with Gasteiger partial charge in [0, 0.05) is 19.9 Å². The molecule has 1 saturated heterocycles. The Kier molecular flexibility index (Phi) is 7.08. The molecule has 1 aromatic heterocycles. The summed E-state index contributed by atoms with van der Waals surface area (Å²) in [4.78, 5) is 22.6. The van der Waals surface area contributed by atoms with Crippen LogP contribution in [-0.4, -0.2) is 54.9 Å². The standard InChI is InChI=1S/C21H25FN4O6S/c1-13-24-18(16(12-23-4)33(29,30)15-9-6-5-8-14(15)22)19(26(27)28)20(25-13)32-17-10-7-11-31-21(17,2)3/h5-6,8-9,12,16-17H,7,10-11H2,1-4H3. The van der Waals surface area contributed by atoms with Crippen LogP contribution in [-0.2, 0) is 14.6 Å². The largest absolute Gasteiger partial charge is 0.466 e. The summed E-state index contributed by atoms with van der Waals surface area (Å²) in [6, 6.07) is 4.77. The van der Waals surface area contributed by atoms with Crippen LogP contribution in [0.5, 0.6) is 5.88 Å². The van der Waals surface area contributed by atoms with Crippen molar-refractivity contribution in [1.82, 2.24) is 9.97 Å². The van der Waals surface area contributed by atoms with Gasteiger partial charge in [-0.1, -0.05) is 12.1 Å². The number of aryl methyl sites for hydroxylation is 1. The van der Waals surface area contributed by atoms with Gasteiger partial charge < -0.3 is 9.47 Å². The number of nitro groups is 1. The molecule has 0 saturated carbocycles. The van der Waals surface area contributed by atoms with Crippen molar-refractivity contribution in [3.8, 4) is 5.88 Å². The van der Waals surface area contributed by atoms with Crippen LogP contribution < -0.4 is 4.74 Å². The van der Waals surface area contributed by atoms with Gasteiger partial charge in [0.15, 0.2) is 9.84 Å². The number of ether oxygens (including phenoxy) is 2. The Morgan fingerprint density at radius 3 is 2.67 bits per heavy atom. The first kappa shape index (κ1) is 24.6. The van der Waals surface area contributed by atoms with Gasteiger partial charge in [0.2, 0.25) is 0 Å². The molecule has 0 N–H and O–H groups in total. The fraction of sp³-hybridized carbons (Fsp3) is 0.476. The van der Waals surface area contributed by atoms with E-state index in [9.17, 15) is 22.9 Å². The zero-order valence-electron chi connectivity index (χ0n) is 18.7. The highest BCUT2D eigenvalue weighted by atomic mass is 32.2. The Hall–Kier alpha value is -2.99. The first-order valence-electron chi connectivity index (χ1n) is 10.2. The molecular weight excluding hydrogens is 455 g/mol. The molecule has 3 rings (SSSR count). The second kappa shape index (κ2) is 9.48. The number of nitrogens with zero attached hydrogens (tertiary/aromatic N) is 4. The first-order chi connectivity index (χ1) is 15.5. The number of sulfone groups is 1. The van der Waals surface area contributed by atoms with Crippen LogP contribution >= 0.6 is 0 Å². The van der Waals surface area contributed by atoms with E-state index in [0.717, 1.165) is 18.3 Å². The van der Waals surface area contributed by atoms with E-state index in [1.165, 1.54) is 26.1 Å². The van der Waals surface area contributed by atoms with E-state index in [4.69, 9.17) is 9.47 Å². The Morgan fingerprint density at radius 1 is 1.36 bits per heavy atom. The van der Waals surface area contributed by atoms with Gasteiger partial charge in [-0.2, -0.15) is 4.98 Å². The lowest BCUT2D eigenvalue weighted by atomic mass is 9.94. The summed E-state index contributed by atoms with van der Waals surface area (Å²) in [5.74, 6) is -1.30. The molecule has 12 heteroatoms.